The maximum atomic E-state index is 12.9. The number of rotatable bonds is 6. The van der Waals surface area contributed by atoms with Crippen LogP contribution in [-0.2, 0) is 14.8 Å². The molecule has 11 heteroatoms. The number of aliphatic carboxylic acids is 1. The summed E-state index contributed by atoms with van der Waals surface area (Å²) < 4.78 is 31.9. The van der Waals surface area contributed by atoms with Gasteiger partial charge in [-0.3, -0.25) is 4.79 Å². The molecule has 0 bridgehead atoms. The van der Waals surface area contributed by atoms with Crippen LogP contribution in [0.4, 0.5) is 0 Å². The minimum atomic E-state index is -4.27. The number of aliphatic hydroxyl groups is 2. The number of hydroxylamine groups is 1. The summed E-state index contributed by atoms with van der Waals surface area (Å²) in [5.74, 6) is 4.09. The number of benzene rings is 1. The highest BCUT2D eigenvalue weighted by atomic mass is 32.2. The summed E-state index contributed by atoms with van der Waals surface area (Å²) in [6, 6.07) is 2.52. The Morgan fingerprint density at radius 2 is 1.97 bits per heavy atom. The summed E-state index contributed by atoms with van der Waals surface area (Å²) in [5.41, 5.74) is 0.619. The van der Waals surface area contributed by atoms with Gasteiger partial charge in [0.1, 0.15) is 24.0 Å². The molecule has 10 nitrogen and oxygen atoms in total. The summed E-state index contributed by atoms with van der Waals surface area (Å²) in [6.07, 6.45) is -1.25. The van der Waals surface area contributed by atoms with Crippen LogP contribution in [-0.4, -0.2) is 76.2 Å². The van der Waals surface area contributed by atoms with Gasteiger partial charge in [-0.2, -0.15) is 4.31 Å². The van der Waals surface area contributed by atoms with E-state index >= 15 is 0 Å². The fourth-order valence-electron chi connectivity index (χ4n) is 2.90. The molecule has 3 unspecified atom stereocenters. The summed E-state index contributed by atoms with van der Waals surface area (Å²) in [6.45, 7) is 2.62. The van der Waals surface area contributed by atoms with Crippen LogP contribution >= 0.6 is 0 Å². The first-order valence-electron chi connectivity index (χ1n) is 8.73. The lowest BCUT2D eigenvalue weighted by atomic mass is 9.97. The standard InChI is InChI=1S/C18H24N2O8S/c1-18(2,24)8-3-9-28-13-4-6-14(7-5-13)29(26,27)20-11-12(21)10-15(19-25)16(20)17(22)23/h4-7,12,15-16,19,21,24-25H,9-11H2,1-2H3,(H,22,23). The van der Waals surface area contributed by atoms with E-state index in [1.54, 1.807) is 5.48 Å². The van der Waals surface area contributed by atoms with Gasteiger partial charge in [0.25, 0.3) is 0 Å². The first-order valence-corrected chi connectivity index (χ1v) is 10.2. The number of carbonyl (C=O) groups is 1. The van der Waals surface area contributed by atoms with Crippen molar-refractivity contribution in [1.29, 1.82) is 0 Å². The predicted molar refractivity (Wildman–Crippen MR) is 101 cm³/mol. The van der Waals surface area contributed by atoms with Gasteiger partial charge in [0.2, 0.25) is 10.0 Å². The molecule has 1 aliphatic rings. The number of β-amino-alcohol motifs (C(OH)–C–C–N with tert-alkyl or cyclic N) is 1. The Kier molecular flexibility index (Phi) is 7.23. The zero-order valence-corrected chi connectivity index (χ0v) is 16.8. The summed E-state index contributed by atoms with van der Waals surface area (Å²) in [4.78, 5) is 11.4. The third-order valence-electron chi connectivity index (χ3n) is 4.16. The second-order valence-corrected chi connectivity index (χ2v) is 8.99. The number of ether oxygens (including phenoxy) is 1. The molecule has 0 amide bonds. The van der Waals surface area contributed by atoms with Gasteiger partial charge in [0, 0.05) is 6.54 Å². The summed E-state index contributed by atoms with van der Waals surface area (Å²) in [5, 5.41) is 38.0. The highest BCUT2D eigenvalue weighted by Gasteiger charge is 2.46. The first kappa shape index (κ1) is 23.1. The summed E-state index contributed by atoms with van der Waals surface area (Å²) in [7, 11) is -4.27. The van der Waals surface area contributed by atoms with Crippen molar-refractivity contribution in [3.63, 3.8) is 0 Å². The van der Waals surface area contributed by atoms with Gasteiger partial charge in [-0.15, -0.1) is 0 Å². The van der Waals surface area contributed by atoms with Crippen LogP contribution < -0.4 is 10.2 Å². The van der Waals surface area contributed by atoms with E-state index in [2.05, 4.69) is 11.8 Å². The molecule has 1 heterocycles. The Labute approximate surface area is 168 Å². The monoisotopic (exact) mass is 428 g/mol. The zero-order valence-electron chi connectivity index (χ0n) is 15.9. The van der Waals surface area contributed by atoms with E-state index in [0.29, 0.717) is 10.1 Å². The molecule has 5 N–H and O–H groups in total. The number of carboxylic acid groups (broad SMARTS) is 1. The Balaban J connectivity index is 2.21. The molecule has 160 valence electrons. The molecule has 1 aromatic rings. The number of hydrogen-bond acceptors (Lipinski definition) is 8. The van der Waals surface area contributed by atoms with Gasteiger partial charge < -0.3 is 25.3 Å². The third kappa shape index (κ3) is 5.89. The van der Waals surface area contributed by atoms with Gasteiger partial charge >= 0.3 is 5.97 Å². The molecule has 2 rings (SSSR count). The Morgan fingerprint density at radius 1 is 1.34 bits per heavy atom. The van der Waals surface area contributed by atoms with Crippen LogP contribution in [0.3, 0.4) is 0 Å². The van der Waals surface area contributed by atoms with Gasteiger partial charge in [-0.25, -0.2) is 13.9 Å². The van der Waals surface area contributed by atoms with E-state index in [1.165, 1.54) is 38.1 Å². The number of carboxylic acids is 1. The number of piperidine rings is 1. The third-order valence-corrected chi connectivity index (χ3v) is 6.02. The summed E-state index contributed by atoms with van der Waals surface area (Å²) >= 11 is 0. The minimum absolute atomic E-state index is 0.0145. The lowest BCUT2D eigenvalue weighted by molar-refractivity contribution is -0.146. The fourth-order valence-corrected chi connectivity index (χ4v) is 4.56. The minimum Gasteiger partial charge on any atom is -0.481 e. The van der Waals surface area contributed by atoms with Crippen LogP contribution in [0.25, 0.3) is 0 Å². The first-order chi connectivity index (χ1) is 13.5. The highest BCUT2D eigenvalue weighted by molar-refractivity contribution is 7.89. The van der Waals surface area contributed by atoms with E-state index < -0.39 is 46.3 Å². The van der Waals surface area contributed by atoms with Crippen molar-refractivity contribution in [1.82, 2.24) is 9.79 Å². The molecule has 0 spiro atoms. The normalized spacial score (nSPS) is 23.1. The highest BCUT2D eigenvalue weighted by Crippen LogP contribution is 2.27. The Bertz CT molecular complexity index is 883. The molecule has 29 heavy (non-hydrogen) atoms. The van der Waals surface area contributed by atoms with Crippen molar-refractivity contribution in [2.75, 3.05) is 13.2 Å². The maximum absolute atomic E-state index is 12.9. The SMILES string of the molecule is CC(C)(O)C#CCOc1ccc(S(=O)(=O)N2CC(O)CC(NO)C2C(=O)O)cc1. The molecular formula is C18H24N2O8S. The molecule has 0 radical (unpaired) electrons. The van der Waals surface area contributed by atoms with E-state index in [4.69, 9.17) is 4.74 Å². The topological polar surface area (TPSA) is 157 Å². The fraction of sp³-hybridized carbons (Fsp3) is 0.500. The second kappa shape index (κ2) is 9.08. The van der Waals surface area contributed by atoms with Gasteiger partial charge in [0.15, 0.2) is 0 Å². The lowest BCUT2D eigenvalue weighted by Gasteiger charge is -2.39. The van der Waals surface area contributed by atoms with Crippen molar-refractivity contribution in [2.24, 2.45) is 0 Å². The van der Waals surface area contributed by atoms with E-state index in [1.807, 2.05) is 0 Å². The van der Waals surface area contributed by atoms with Crippen LogP contribution in [0.1, 0.15) is 20.3 Å². The van der Waals surface area contributed by atoms with Crippen molar-refractivity contribution >= 4 is 16.0 Å². The molecule has 1 fully saturated rings. The van der Waals surface area contributed by atoms with Gasteiger partial charge in [0.05, 0.1) is 17.0 Å². The van der Waals surface area contributed by atoms with Crippen molar-refractivity contribution in [3.8, 4) is 17.6 Å². The molecular weight excluding hydrogens is 404 g/mol. The van der Waals surface area contributed by atoms with Crippen molar-refractivity contribution < 1.29 is 38.5 Å². The number of hydrogen-bond donors (Lipinski definition) is 5. The second-order valence-electron chi connectivity index (χ2n) is 7.10. The number of aliphatic hydroxyl groups excluding tert-OH is 1. The molecule has 1 saturated heterocycles. The molecule has 3 atom stereocenters. The number of sulfonamides is 1. The van der Waals surface area contributed by atoms with Crippen LogP contribution in [0.15, 0.2) is 29.2 Å². The largest absolute Gasteiger partial charge is 0.481 e. The average Bonchev–Trinajstić information content (AvgIpc) is 2.63. The smallest absolute Gasteiger partial charge is 0.323 e. The van der Waals surface area contributed by atoms with Gasteiger partial charge in [-0.05, 0) is 44.5 Å². The van der Waals surface area contributed by atoms with E-state index in [0.717, 1.165) is 0 Å². The number of nitrogens with one attached hydrogen (secondary N) is 1. The molecule has 0 aliphatic carbocycles. The van der Waals surface area contributed by atoms with E-state index in [9.17, 15) is 33.7 Å². The van der Waals surface area contributed by atoms with Crippen molar-refractivity contribution in [3.05, 3.63) is 24.3 Å². The Morgan fingerprint density at radius 3 is 2.48 bits per heavy atom. The van der Waals surface area contributed by atoms with Crippen LogP contribution in [0.5, 0.6) is 5.75 Å². The zero-order chi connectivity index (χ0) is 21.8. The maximum Gasteiger partial charge on any atom is 0.323 e. The van der Waals surface area contributed by atoms with Crippen LogP contribution in [0, 0.1) is 11.8 Å². The van der Waals surface area contributed by atoms with Gasteiger partial charge in [-0.1, -0.05) is 11.8 Å². The van der Waals surface area contributed by atoms with Crippen LogP contribution in [0.2, 0.25) is 0 Å². The molecule has 1 aromatic carbocycles. The van der Waals surface area contributed by atoms with Crippen molar-refractivity contribution in [2.45, 2.75) is 49.0 Å². The Hall–Kier alpha value is -2.20. The number of nitrogens with zero attached hydrogens (tertiary/aromatic N) is 1. The average molecular weight is 428 g/mol. The molecule has 1 aliphatic heterocycles. The predicted octanol–water partition coefficient (Wildman–Crippen LogP) is -0.604. The van der Waals surface area contributed by atoms with E-state index in [-0.39, 0.29) is 17.9 Å². The lowest BCUT2D eigenvalue weighted by Crippen LogP contribution is -2.62. The quantitative estimate of drug-likeness (QED) is 0.295. The molecule has 0 saturated carbocycles. The molecule has 0 aromatic heterocycles.